The smallest absolute Gasteiger partial charge is 0.335 e. The van der Waals surface area contributed by atoms with Crippen LogP contribution in [0.15, 0.2) is 36.7 Å². The Morgan fingerprint density at radius 3 is 2.65 bits per heavy atom. The van der Waals surface area contributed by atoms with E-state index >= 15 is 0 Å². The Balaban J connectivity index is 2.25. The van der Waals surface area contributed by atoms with Crippen molar-refractivity contribution in [1.29, 1.82) is 0 Å². The number of hydrogen-bond donors (Lipinski definition) is 1. The number of rotatable bonds is 4. The molecule has 0 aliphatic carbocycles. The molecule has 0 saturated carbocycles. The Morgan fingerprint density at radius 2 is 2.04 bits per heavy atom. The van der Waals surface area contributed by atoms with Gasteiger partial charge in [-0.15, -0.1) is 0 Å². The Hall–Kier alpha value is -2.69. The van der Waals surface area contributed by atoms with E-state index in [1.807, 2.05) is 23.7 Å². The van der Waals surface area contributed by atoms with Crippen molar-refractivity contribution in [2.24, 2.45) is 5.92 Å². The van der Waals surface area contributed by atoms with E-state index in [-0.39, 0.29) is 5.56 Å². The number of carbonyl (C=O) groups is 1. The number of carboxylic acids is 1. The average molecular weight is 309 g/mol. The van der Waals surface area contributed by atoms with Crippen molar-refractivity contribution in [3.8, 4) is 11.3 Å². The summed E-state index contributed by atoms with van der Waals surface area (Å²) in [7, 11) is 0. The van der Waals surface area contributed by atoms with E-state index in [1.165, 1.54) is 0 Å². The molecule has 0 radical (unpaired) electrons. The Morgan fingerprint density at radius 1 is 1.26 bits per heavy atom. The number of carboxylic acid groups (broad SMARTS) is 1. The largest absolute Gasteiger partial charge is 0.478 e. The highest BCUT2D eigenvalue weighted by Gasteiger charge is 2.15. The molecule has 1 aromatic carbocycles. The summed E-state index contributed by atoms with van der Waals surface area (Å²) in [5.41, 5.74) is 3.70. The first-order valence-corrected chi connectivity index (χ1v) is 7.61. The number of aromatic nitrogens is 3. The van der Waals surface area contributed by atoms with Crippen LogP contribution in [0.3, 0.4) is 0 Å². The van der Waals surface area contributed by atoms with E-state index < -0.39 is 5.97 Å². The molecule has 0 saturated heterocycles. The lowest BCUT2D eigenvalue weighted by atomic mass is 10.0. The summed E-state index contributed by atoms with van der Waals surface area (Å²) in [5, 5.41) is 14.8. The Labute approximate surface area is 134 Å². The molecule has 2 aromatic heterocycles. The third kappa shape index (κ3) is 2.95. The fourth-order valence-electron chi connectivity index (χ4n) is 2.63. The number of pyridine rings is 1. The van der Waals surface area contributed by atoms with Gasteiger partial charge in [0, 0.05) is 23.7 Å². The van der Waals surface area contributed by atoms with Gasteiger partial charge < -0.3 is 5.11 Å². The summed E-state index contributed by atoms with van der Waals surface area (Å²) in [6.07, 6.45) is 3.58. The third-order valence-electron chi connectivity index (χ3n) is 3.73. The SMILES string of the molecule is Cc1ccc(-c2cc(C(=O)O)cc3c2cnn3CC(C)C)nc1. The van der Waals surface area contributed by atoms with Crippen LogP contribution in [0.4, 0.5) is 0 Å². The molecule has 1 N–H and O–H groups in total. The highest BCUT2D eigenvalue weighted by Crippen LogP contribution is 2.29. The molecule has 0 fully saturated rings. The average Bonchev–Trinajstić information content (AvgIpc) is 2.89. The first-order chi connectivity index (χ1) is 11.0. The van der Waals surface area contributed by atoms with Gasteiger partial charge in [-0.25, -0.2) is 4.79 Å². The van der Waals surface area contributed by atoms with E-state index in [0.717, 1.165) is 34.3 Å². The summed E-state index contributed by atoms with van der Waals surface area (Å²) >= 11 is 0. The molecule has 0 aliphatic rings. The molecule has 0 aliphatic heterocycles. The molecule has 0 spiro atoms. The number of nitrogens with zero attached hydrogens (tertiary/aromatic N) is 3. The molecular formula is C18H19N3O2. The van der Waals surface area contributed by atoms with Crippen molar-refractivity contribution in [2.45, 2.75) is 27.3 Å². The van der Waals surface area contributed by atoms with Crippen LogP contribution in [0, 0.1) is 12.8 Å². The van der Waals surface area contributed by atoms with Crippen molar-refractivity contribution >= 4 is 16.9 Å². The fraction of sp³-hybridized carbons (Fsp3) is 0.278. The molecule has 5 nitrogen and oxygen atoms in total. The quantitative estimate of drug-likeness (QED) is 0.796. The van der Waals surface area contributed by atoms with Crippen molar-refractivity contribution in [1.82, 2.24) is 14.8 Å². The maximum absolute atomic E-state index is 11.5. The second-order valence-corrected chi connectivity index (χ2v) is 6.20. The van der Waals surface area contributed by atoms with E-state index in [9.17, 15) is 9.90 Å². The highest BCUT2D eigenvalue weighted by atomic mass is 16.4. The topological polar surface area (TPSA) is 68.0 Å². The van der Waals surface area contributed by atoms with Gasteiger partial charge >= 0.3 is 5.97 Å². The number of benzene rings is 1. The van der Waals surface area contributed by atoms with Gasteiger partial charge in [-0.05, 0) is 36.6 Å². The lowest BCUT2D eigenvalue weighted by molar-refractivity contribution is 0.0697. The normalized spacial score (nSPS) is 11.3. The molecular weight excluding hydrogens is 290 g/mol. The fourth-order valence-corrected chi connectivity index (χ4v) is 2.63. The lowest BCUT2D eigenvalue weighted by Gasteiger charge is -2.09. The molecule has 23 heavy (non-hydrogen) atoms. The summed E-state index contributed by atoms with van der Waals surface area (Å²) in [6, 6.07) is 7.24. The Kier molecular flexibility index (Phi) is 3.86. The van der Waals surface area contributed by atoms with Crippen molar-refractivity contribution in [2.75, 3.05) is 0 Å². The maximum atomic E-state index is 11.5. The van der Waals surface area contributed by atoms with Gasteiger partial charge in [0.1, 0.15) is 0 Å². The van der Waals surface area contributed by atoms with Crippen LogP contribution in [0.1, 0.15) is 29.8 Å². The number of aryl methyl sites for hydroxylation is 1. The van der Waals surface area contributed by atoms with Crippen LogP contribution in [0.25, 0.3) is 22.2 Å². The van der Waals surface area contributed by atoms with Crippen LogP contribution in [0.5, 0.6) is 0 Å². The van der Waals surface area contributed by atoms with E-state index in [0.29, 0.717) is 5.92 Å². The molecule has 0 unspecified atom stereocenters. The summed E-state index contributed by atoms with van der Waals surface area (Å²) in [4.78, 5) is 15.9. The number of fused-ring (bicyclic) bond motifs is 1. The van der Waals surface area contributed by atoms with E-state index in [4.69, 9.17) is 0 Å². The lowest BCUT2D eigenvalue weighted by Crippen LogP contribution is -2.06. The highest BCUT2D eigenvalue weighted by molar-refractivity contribution is 6.00. The maximum Gasteiger partial charge on any atom is 0.335 e. The zero-order valence-corrected chi connectivity index (χ0v) is 13.4. The summed E-state index contributed by atoms with van der Waals surface area (Å²) < 4.78 is 1.87. The minimum Gasteiger partial charge on any atom is -0.478 e. The molecule has 3 rings (SSSR count). The zero-order valence-electron chi connectivity index (χ0n) is 13.4. The minimum atomic E-state index is -0.947. The van der Waals surface area contributed by atoms with Gasteiger partial charge in [0.15, 0.2) is 0 Å². The van der Waals surface area contributed by atoms with Crippen LogP contribution in [0.2, 0.25) is 0 Å². The van der Waals surface area contributed by atoms with Crippen LogP contribution < -0.4 is 0 Å². The van der Waals surface area contributed by atoms with Crippen LogP contribution in [-0.2, 0) is 6.54 Å². The molecule has 0 atom stereocenters. The number of hydrogen-bond acceptors (Lipinski definition) is 3. The molecule has 5 heteroatoms. The molecule has 2 heterocycles. The zero-order chi connectivity index (χ0) is 16.6. The Bertz CT molecular complexity index is 864. The molecule has 0 amide bonds. The number of aromatic carboxylic acids is 1. The second-order valence-electron chi connectivity index (χ2n) is 6.20. The molecule has 3 aromatic rings. The van der Waals surface area contributed by atoms with Gasteiger partial charge in [0.2, 0.25) is 0 Å². The van der Waals surface area contributed by atoms with Crippen molar-refractivity contribution in [3.05, 3.63) is 47.8 Å². The van der Waals surface area contributed by atoms with Crippen LogP contribution in [-0.4, -0.2) is 25.8 Å². The predicted molar refractivity (Wildman–Crippen MR) is 89.5 cm³/mol. The minimum absolute atomic E-state index is 0.250. The molecule has 0 bridgehead atoms. The van der Waals surface area contributed by atoms with Gasteiger partial charge in [-0.1, -0.05) is 19.9 Å². The van der Waals surface area contributed by atoms with Crippen LogP contribution >= 0.6 is 0 Å². The van der Waals surface area contributed by atoms with Gasteiger partial charge in [-0.2, -0.15) is 5.10 Å². The first-order valence-electron chi connectivity index (χ1n) is 7.61. The van der Waals surface area contributed by atoms with Crippen molar-refractivity contribution < 1.29 is 9.90 Å². The monoisotopic (exact) mass is 309 g/mol. The standard InChI is InChI=1S/C18H19N3O2/c1-11(2)10-21-17-7-13(18(22)23)6-14(15(17)9-20-21)16-5-4-12(3)8-19-16/h4-9,11H,10H2,1-3H3,(H,22,23). The van der Waals surface area contributed by atoms with E-state index in [1.54, 1.807) is 24.5 Å². The predicted octanol–water partition coefficient (Wildman–Crippen LogP) is 3.76. The first kappa shape index (κ1) is 15.2. The molecule has 118 valence electrons. The van der Waals surface area contributed by atoms with Gasteiger partial charge in [0.25, 0.3) is 0 Å². The van der Waals surface area contributed by atoms with E-state index in [2.05, 4.69) is 23.9 Å². The van der Waals surface area contributed by atoms with Crippen molar-refractivity contribution in [3.63, 3.8) is 0 Å². The summed E-state index contributed by atoms with van der Waals surface area (Å²) in [6.45, 7) is 6.93. The third-order valence-corrected chi connectivity index (χ3v) is 3.73. The second kappa shape index (κ2) is 5.83. The van der Waals surface area contributed by atoms with Gasteiger partial charge in [-0.3, -0.25) is 9.67 Å². The summed E-state index contributed by atoms with van der Waals surface area (Å²) in [5.74, 6) is -0.523. The van der Waals surface area contributed by atoms with Gasteiger partial charge in [0.05, 0.1) is 23.0 Å².